The molecule has 0 saturated heterocycles. The molecule has 0 fully saturated rings. The highest BCUT2D eigenvalue weighted by Crippen LogP contribution is 2.20. The number of hydrogen-bond acceptors (Lipinski definition) is 5. The van der Waals surface area contributed by atoms with Crippen molar-refractivity contribution in [2.24, 2.45) is 5.73 Å². The topological polar surface area (TPSA) is 69.6 Å². The zero-order chi connectivity index (χ0) is 12.1. The van der Waals surface area contributed by atoms with E-state index in [1.165, 1.54) is 4.90 Å². The molecule has 0 aliphatic carbocycles. The first-order chi connectivity index (χ1) is 8.35. The zero-order valence-electron chi connectivity index (χ0n) is 9.71. The second kappa shape index (κ2) is 5.79. The summed E-state index contributed by atoms with van der Waals surface area (Å²) < 4.78 is 1.79. The number of aromatic nitrogens is 4. The van der Waals surface area contributed by atoms with Crippen LogP contribution in [-0.2, 0) is 6.54 Å². The van der Waals surface area contributed by atoms with Crippen LogP contribution in [0, 0.1) is 0 Å². The second-order valence-corrected chi connectivity index (χ2v) is 4.48. The van der Waals surface area contributed by atoms with Crippen molar-refractivity contribution >= 4 is 11.8 Å². The summed E-state index contributed by atoms with van der Waals surface area (Å²) in [5, 5.41) is 11.7. The number of nitrogens with two attached hydrogens (primary N) is 1. The molecule has 5 nitrogen and oxygen atoms in total. The summed E-state index contributed by atoms with van der Waals surface area (Å²) >= 11 is 1.72. The monoisotopic (exact) mass is 249 g/mol. The van der Waals surface area contributed by atoms with Crippen LogP contribution in [0.15, 0.2) is 29.2 Å². The largest absolute Gasteiger partial charge is 0.330 e. The van der Waals surface area contributed by atoms with Crippen molar-refractivity contribution in [2.75, 3.05) is 12.8 Å². The summed E-state index contributed by atoms with van der Waals surface area (Å²) in [6, 6.07) is 8.22. The number of thioether (sulfide) groups is 1. The van der Waals surface area contributed by atoms with Crippen LogP contribution in [0.25, 0.3) is 11.4 Å². The van der Waals surface area contributed by atoms with E-state index in [0.717, 1.165) is 24.4 Å². The zero-order valence-corrected chi connectivity index (χ0v) is 10.5. The molecule has 2 aromatic rings. The lowest BCUT2D eigenvalue weighted by Gasteiger charge is -2.04. The fraction of sp³-hybridized carbons (Fsp3) is 0.364. The first kappa shape index (κ1) is 12.1. The molecule has 0 amide bonds. The Morgan fingerprint density at radius 3 is 2.71 bits per heavy atom. The fourth-order valence-corrected chi connectivity index (χ4v) is 1.95. The summed E-state index contributed by atoms with van der Waals surface area (Å²) in [6.45, 7) is 1.40. The number of benzene rings is 1. The summed E-state index contributed by atoms with van der Waals surface area (Å²) in [4.78, 5) is 1.23. The molecule has 0 saturated carbocycles. The number of rotatable bonds is 5. The average Bonchev–Trinajstić information content (AvgIpc) is 2.84. The molecule has 90 valence electrons. The van der Waals surface area contributed by atoms with Crippen molar-refractivity contribution in [2.45, 2.75) is 17.9 Å². The van der Waals surface area contributed by atoms with Gasteiger partial charge in [-0.05, 0) is 41.8 Å². The molecule has 17 heavy (non-hydrogen) atoms. The van der Waals surface area contributed by atoms with Crippen molar-refractivity contribution in [1.29, 1.82) is 0 Å². The van der Waals surface area contributed by atoms with Crippen LogP contribution in [0.2, 0.25) is 0 Å². The van der Waals surface area contributed by atoms with Crippen LogP contribution in [-0.4, -0.2) is 33.0 Å². The normalized spacial score (nSPS) is 10.7. The Labute approximate surface area is 104 Å². The highest BCUT2D eigenvalue weighted by atomic mass is 32.2. The smallest absolute Gasteiger partial charge is 0.182 e. The molecule has 0 atom stereocenters. The Bertz CT molecular complexity index is 465. The molecule has 0 aliphatic rings. The number of nitrogens with zero attached hydrogens (tertiary/aromatic N) is 4. The van der Waals surface area contributed by atoms with Gasteiger partial charge in [-0.15, -0.1) is 16.9 Å². The Kier molecular flexibility index (Phi) is 4.11. The lowest BCUT2D eigenvalue weighted by molar-refractivity contribution is 0.568. The molecular weight excluding hydrogens is 234 g/mol. The third kappa shape index (κ3) is 2.83. The van der Waals surface area contributed by atoms with Crippen LogP contribution in [0.3, 0.4) is 0 Å². The highest BCUT2D eigenvalue weighted by Gasteiger charge is 2.07. The number of hydrogen-bond donors (Lipinski definition) is 1. The van der Waals surface area contributed by atoms with E-state index in [1.807, 2.05) is 12.1 Å². The fourth-order valence-electron chi connectivity index (χ4n) is 1.54. The maximum atomic E-state index is 5.49. The lowest BCUT2D eigenvalue weighted by Crippen LogP contribution is -2.08. The molecule has 1 heterocycles. The van der Waals surface area contributed by atoms with E-state index in [0.29, 0.717) is 6.54 Å². The van der Waals surface area contributed by atoms with Gasteiger partial charge in [-0.1, -0.05) is 12.1 Å². The van der Waals surface area contributed by atoms with E-state index >= 15 is 0 Å². The Morgan fingerprint density at radius 2 is 2.06 bits per heavy atom. The van der Waals surface area contributed by atoms with Crippen LogP contribution in [0.4, 0.5) is 0 Å². The van der Waals surface area contributed by atoms with Gasteiger partial charge in [0.15, 0.2) is 5.82 Å². The minimum absolute atomic E-state index is 0.644. The molecule has 0 unspecified atom stereocenters. The summed E-state index contributed by atoms with van der Waals surface area (Å²) in [5.41, 5.74) is 6.52. The molecule has 2 N–H and O–H groups in total. The Balaban J connectivity index is 2.23. The number of aryl methyl sites for hydroxylation is 1. The molecule has 1 aromatic heterocycles. The van der Waals surface area contributed by atoms with E-state index in [-0.39, 0.29) is 0 Å². The standard InChI is InChI=1S/C11H15N5S/c1-17-10-5-3-9(4-6-10)11-13-14-15-16(11)8-2-7-12/h3-6H,2,7-8,12H2,1H3. The molecule has 1 aromatic carbocycles. The maximum absolute atomic E-state index is 5.49. The van der Waals surface area contributed by atoms with Crippen LogP contribution in [0.5, 0.6) is 0 Å². The Hall–Kier alpha value is -1.40. The molecule has 6 heteroatoms. The van der Waals surface area contributed by atoms with Crippen LogP contribution >= 0.6 is 11.8 Å². The van der Waals surface area contributed by atoms with Gasteiger partial charge in [0.2, 0.25) is 0 Å². The first-order valence-electron chi connectivity index (χ1n) is 5.46. The second-order valence-electron chi connectivity index (χ2n) is 3.60. The van der Waals surface area contributed by atoms with Crippen LogP contribution in [0.1, 0.15) is 6.42 Å². The molecule has 0 aliphatic heterocycles. The maximum Gasteiger partial charge on any atom is 0.182 e. The summed E-state index contributed by atoms with van der Waals surface area (Å²) in [6.07, 6.45) is 2.93. The first-order valence-corrected chi connectivity index (χ1v) is 6.68. The minimum Gasteiger partial charge on any atom is -0.330 e. The predicted octanol–water partition coefficient (Wildman–Crippen LogP) is 1.41. The minimum atomic E-state index is 0.644. The highest BCUT2D eigenvalue weighted by molar-refractivity contribution is 7.98. The summed E-state index contributed by atoms with van der Waals surface area (Å²) in [7, 11) is 0. The van der Waals surface area contributed by atoms with Crippen molar-refractivity contribution in [1.82, 2.24) is 20.2 Å². The van der Waals surface area contributed by atoms with Crippen molar-refractivity contribution in [3.8, 4) is 11.4 Å². The molecule has 0 bridgehead atoms. The van der Waals surface area contributed by atoms with Gasteiger partial charge in [-0.25, -0.2) is 4.68 Å². The van der Waals surface area contributed by atoms with Gasteiger partial charge in [-0.2, -0.15) is 0 Å². The van der Waals surface area contributed by atoms with Crippen molar-refractivity contribution in [3.63, 3.8) is 0 Å². The van der Waals surface area contributed by atoms with Gasteiger partial charge in [-0.3, -0.25) is 0 Å². The average molecular weight is 249 g/mol. The van der Waals surface area contributed by atoms with Gasteiger partial charge in [0.25, 0.3) is 0 Å². The van der Waals surface area contributed by atoms with Crippen molar-refractivity contribution in [3.05, 3.63) is 24.3 Å². The lowest BCUT2D eigenvalue weighted by atomic mass is 10.2. The van der Waals surface area contributed by atoms with Gasteiger partial charge in [0, 0.05) is 17.0 Å². The molecule has 0 spiro atoms. The van der Waals surface area contributed by atoms with Gasteiger partial charge < -0.3 is 5.73 Å². The van der Waals surface area contributed by atoms with E-state index < -0.39 is 0 Å². The van der Waals surface area contributed by atoms with E-state index in [1.54, 1.807) is 16.4 Å². The van der Waals surface area contributed by atoms with Gasteiger partial charge in [0.05, 0.1) is 0 Å². The van der Waals surface area contributed by atoms with Gasteiger partial charge >= 0.3 is 0 Å². The molecule has 0 radical (unpaired) electrons. The third-order valence-electron chi connectivity index (χ3n) is 2.45. The Morgan fingerprint density at radius 1 is 1.29 bits per heavy atom. The quantitative estimate of drug-likeness (QED) is 0.811. The SMILES string of the molecule is CSc1ccc(-c2nnnn2CCCN)cc1. The van der Waals surface area contributed by atoms with E-state index in [9.17, 15) is 0 Å². The predicted molar refractivity (Wildman–Crippen MR) is 68.7 cm³/mol. The van der Waals surface area contributed by atoms with Crippen LogP contribution < -0.4 is 5.73 Å². The number of tetrazole rings is 1. The van der Waals surface area contributed by atoms with E-state index in [4.69, 9.17) is 5.73 Å². The van der Waals surface area contributed by atoms with Gasteiger partial charge in [0.1, 0.15) is 0 Å². The van der Waals surface area contributed by atoms with Crippen molar-refractivity contribution < 1.29 is 0 Å². The molecular formula is C11H15N5S. The summed E-state index contributed by atoms with van der Waals surface area (Å²) in [5.74, 6) is 0.797. The third-order valence-corrected chi connectivity index (χ3v) is 3.20. The molecule has 2 rings (SSSR count). The van der Waals surface area contributed by atoms with E-state index in [2.05, 4.69) is 33.9 Å².